The van der Waals surface area contributed by atoms with Crippen molar-refractivity contribution >= 4 is 40.7 Å². The number of nitrogens with zero attached hydrogens (tertiary/aromatic N) is 1. The number of phenols is 1. The van der Waals surface area contributed by atoms with Gasteiger partial charge >= 0.3 is 23.9 Å². The zero-order chi connectivity index (χ0) is 21.9. The summed E-state index contributed by atoms with van der Waals surface area (Å²) in [5.74, 6) is -15.0. The Bertz CT molecular complexity index is 886. The third-order valence-corrected chi connectivity index (χ3v) is 2.92. The predicted molar refractivity (Wildman–Crippen MR) is 79.8 cm³/mol. The van der Waals surface area contributed by atoms with E-state index < -0.39 is 52.6 Å². The van der Waals surface area contributed by atoms with Crippen molar-refractivity contribution in [2.24, 2.45) is 4.99 Å². The minimum absolute atomic E-state index is 0.532. The fourth-order valence-corrected chi connectivity index (χ4v) is 1.67. The van der Waals surface area contributed by atoms with E-state index in [4.69, 9.17) is 0 Å². The number of hydrogen-bond acceptors (Lipinski definition) is 5. The summed E-state index contributed by atoms with van der Waals surface area (Å²) < 4.78 is 89.0. The van der Waals surface area contributed by atoms with Gasteiger partial charge in [0.05, 0.1) is 11.6 Å². The van der Waals surface area contributed by atoms with E-state index in [0.29, 0.717) is 12.1 Å². The molecular formula is C14H8F7N3O4. The molecule has 0 spiro atoms. The molecule has 1 rings (SSSR count). The van der Waals surface area contributed by atoms with Crippen molar-refractivity contribution in [3.05, 3.63) is 12.1 Å². The van der Waals surface area contributed by atoms with Crippen molar-refractivity contribution in [1.29, 1.82) is 0 Å². The molecule has 0 unspecified atom stereocenters. The molecule has 0 saturated heterocycles. The normalized spacial score (nSPS) is 11.9. The van der Waals surface area contributed by atoms with Gasteiger partial charge in [-0.25, -0.2) is 4.79 Å². The average Bonchev–Trinajstić information content (AvgIpc) is 2.54. The average molecular weight is 415 g/mol. The Hall–Kier alpha value is -3.37. The molecule has 7 nitrogen and oxygen atoms in total. The Balaban J connectivity index is 3.41. The fourth-order valence-electron chi connectivity index (χ4n) is 1.67. The van der Waals surface area contributed by atoms with Gasteiger partial charge in [0, 0.05) is 12.6 Å². The van der Waals surface area contributed by atoms with E-state index in [2.05, 4.69) is 4.99 Å². The maximum atomic E-state index is 13.4. The minimum atomic E-state index is -6.73. The number of carbonyl (C=O) groups is 2. The molecule has 152 valence electrons. The first kappa shape index (κ1) is 22.7. The number of hydrogen-bond donors (Lipinski definition) is 3. The van der Waals surface area contributed by atoms with Crippen molar-refractivity contribution in [2.75, 3.05) is 10.6 Å². The van der Waals surface area contributed by atoms with E-state index in [0.717, 1.165) is 18.2 Å². The molecule has 0 aromatic heterocycles. The summed E-state index contributed by atoms with van der Waals surface area (Å²) in [6.45, 7) is 0.941. The van der Waals surface area contributed by atoms with Gasteiger partial charge in [0.25, 0.3) is 0 Å². The first-order valence-electron chi connectivity index (χ1n) is 6.76. The Morgan fingerprint density at radius 1 is 1.07 bits per heavy atom. The lowest BCUT2D eigenvalue weighted by molar-refractivity contribution is -0.343. The number of amides is 2. The lowest BCUT2D eigenvalue weighted by Crippen LogP contribution is -2.57. The van der Waals surface area contributed by atoms with Crippen LogP contribution < -0.4 is 10.6 Å². The second-order valence-electron chi connectivity index (χ2n) is 5.00. The lowest BCUT2D eigenvalue weighted by atomic mass is 10.1. The Morgan fingerprint density at radius 2 is 1.64 bits per heavy atom. The van der Waals surface area contributed by atoms with Crippen LogP contribution in [0, 0.1) is 0 Å². The molecule has 28 heavy (non-hydrogen) atoms. The topological polar surface area (TPSA) is 108 Å². The van der Waals surface area contributed by atoms with Crippen molar-refractivity contribution < 1.29 is 50.2 Å². The summed E-state index contributed by atoms with van der Waals surface area (Å²) in [4.78, 5) is 35.7. The second-order valence-corrected chi connectivity index (χ2v) is 5.00. The van der Waals surface area contributed by atoms with Crippen LogP contribution in [0.15, 0.2) is 17.1 Å². The summed E-state index contributed by atoms with van der Waals surface area (Å²) in [5.41, 5.74) is -2.14. The van der Waals surface area contributed by atoms with Crippen LogP contribution in [0.3, 0.4) is 0 Å². The largest absolute Gasteiger partial charge is 0.504 e. The van der Waals surface area contributed by atoms with Gasteiger partial charge < -0.3 is 15.7 Å². The molecule has 14 heteroatoms. The monoisotopic (exact) mass is 415 g/mol. The minimum Gasteiger partial charge on any atom is -0.504 e. The molecule has 0 saturated carbocycles. The molecule has 0 aliphatic carbocycles. The second kappa shape index (κ2) is 7.71. The molecule has 0 heterocycles. The SMILES string of the molecule is CC(=O)Nc1cc(NC(=O)C(F)(F)C(F)(F)C(F)(F)F)cc(N=C=C=O)c1O. The number of alkyl halides is 7. The van der Waals surface area contributed by atoms with Gasteiger partial charge in [-0.3, -0.25) is 9.59 Å². The lowest BCUT2D eigenvalue weighted by Gasteiger charge is -2.27. The molecule has 0 aliphatic heterocycles. The van der Waals surface area contributed by atoms with E-state index in [1.165, 1.54) is 0 Å². The number of rotatable bonds is 5. The third kappa shape index (κ3) is 4.48. The number of anilines is 2. The van der Waals surface area contributed by atoms with Crippen molar-refractivity contribution in [3.8, 4) is 5.75 Å². The number of aromatic hydroxyl groups is 1. The number of benzene rings is 1. The molecular weight excluding hydrogens is 407 g/mol. The number of nitrogens with one attached hydrogen (secondary N) is 2. The van der Waals surface area contributed by atoms with Gasteiger partial charge in [-0.1, -0.05) is 0 Å². The Labute approximate surface area is 150 Å². The summed E-state index contributed by atoms with van der Waals surface area (Å²) in [5, 5.41) is 12.9. The molecule has 1 aromatic carbocycles. The first-order chi connectivity index (χ1) is 12.6. The predicted octanol–water partition coefficient (Wildman–Crippen LogP) is 2.81. The van der Waals surface area contributed by atoms with Crippen LogP contribution >= 0.6 is 0 Å². The van der Waals surface area contributed by atoms with Crippen LogP contribution in [0.25, 0.3) is 0 Å². The number of aliphatic imine (C=N–C) groups is 1. The summed E-state index contributed by atoms with van der Waals surface area (Å²) >= 11 is 0. The molecule has 0 bridgehead atoms. The summed E-state index contributed by atoms with van der Waals surface area (Å²) in [6, 6.07) is 1.10. The third-order valence-electron chi connectivity index (χ3n) is 2.92. The highest BCUT2D eigenvalue weighted by molar-refractivity contribution is 6.00. The number of halogens is 7. The molecule has 2 amide bonds. The van der Waals surface area contributed by atoms with Crippen molar-refractivity contribution in [1.82, 2.24) is 0 Å². The Kier molecular flexibility index (Phi) is 6.24. The molecule has 0 aliphatic rings. The smallest absolute Gasteiger partial charge is 0.460 e. The highest BCUT2D eigenvalue weighted by atomic mass is 19.4. The van der Waals surface area contributed by atoms with Gasteiger partial charge in [0.1, 0.15) is 5.69 Å². The van der Waals surface area contributed by atoms with Crippen molar-refractivity contribution in [2.45, 2.75) is 24.9 Å². The van der Waals surface area contributed by atoms with Gasteiger partial charge in [-0.15, -0.1) is 0 Å². The summed E-state index contributed by atoms with van der Waals surface area (Å²) in [7, 11) is 0. The van der Waals surface area contributed by atoms with Gasteiger partial charge in [-0.05, 0) is 12.1 Å². The fraction of sp³-hybridized carbons (Fsp3) is 0.286. The van der Waals surface area contributed by atoms with Gasteiger partial charge in [0.15, 0.2) is 11.7 Å². The zero-order valence-electron chi connectivity index (χ0n) is 13.4. The molecule has 0 fully saturated rings. The maximum Gasteiger partial charge on any atom is 0.460 e. The summed E-state index contributed by atoms with van der Waals surface area (Å²) in [6.07, 6.45) is -6.73. The highest BCUT2D eigenvalue weighted by Crippen LogP contribution is 2.47. The molecule has 0 radical (unpaired) electrons. The van der Waals surface area contributed by atoms with Crippen LogP contribution in [0.1, 0.15) is 6.92 Å². The first-order valence-corrected chi connectivity index (χ1v) is 6.76. The molecule has 1 aromatic rings. The van der Waals surface area contributed by atoms with Crippen molar-refractivity contribution in [3.63, 3.8) is 0 Å². The Morgan fingerprint density at radius 3 is 2.11 bits per heavy atom. The van der Waals surface area contributed by atoms with Crippen LogP contribution in [-0.4, -0.2) is 46.8 Å². The van der Waals surface area contributed by atoms with Gasteiger partial charge in [-0.2, -0.15) is 35.7 Å². The van der Waals surface area contributed by atoms with E-state index in [-0.39, 0.29) is 0 Å². The molecule has 0 atom stereocenters. The molecule has 3 N–H and O–H groups in total. The van der Waals surface area contributed by atoms with Crippen LogP contribution in [0.5, 0.6) is 5.75 Å². The van der Waals surface area contributed by atoms with E-state index in [1.54, 1.807) is 5.87 Å². The zero-order valence-corrected chi connectivity index (χ0v) is 13.4. The van der Waals surface area contributed by atoms with Crippen LogP contribution in [0.2, 0.25) is 0 Å². The quantitative estimate of drug-likeness (QED) is 0.226. The number of carbonyl (C=O) groups excluding carboxylic acids is 3. The van der Waals surface area contributed by atoms with Crippen LogP contribution in [-0.2, 0) is 14.4 Å². The van der Waals surface area contributed by atoms with Gasteiger partial charge in [0.2, 0.25) is 5.91 Å². The van der Waals surface area contributed by atoms with E-state index in [1.807, 2.05) is 5.32 Å². The standard InChI is InChI=1S/C14H8F7N3O4/c1-6(26)23-9-5-7(4-8(10(9)27)22-2-3-25)24-11(28)12(15,16)13(17,18)14(19,20)21/h4-5,27H,1H3,(H,23,26)(H,24,28). The number of phenolic OH excluding ortho intramolecular Hbond substituents is 1. The highest BCUT2D eigenvalue weighted by Gasteiger charge is 2.76. The maximum absolute atomic E-state index is 13.4. The van der Waals surface area contributed by atoms with E-state index in [9.17, 15) is 50.2 Å². The van der Waals surface area contributed by atoms with E-state index >= 15 is 0 Å². The van der Waals surface area contributed by atoms with Crippen LogP contribution in [0.4, 0.5) is 47.8 Å².